The summed E-state index contributed by atoms with van der Waals surface area (Å²) in [5.41, 5.74) is 0.439. The molecule has 0 aromatic heterocycles. The molecular formula is C11H16N2O3S. The van der Waals surface area contributed by atoms with Crippen LogP contribution in [0.3, 0.4) is 0 Å². The van der Waals surface area contributed by atoms with Gasteiger partial charge < -0.3 is 5.32 Å². The van der Waals surface area contributed by atoms with E-state index in [2.05, 4.69) is 10.0 Å². The molecule has 0 unspecified atom stereocenters. The first-order chi connectivity index (χ1) is 7.86. The van der Waals surface area contributed by atoms with Crippen LogP contribution in [0.1, 0.15) is 24.2 Å². The summed E-state index contributed by atoms with van der Waals surface area (Å²) in [7, 11) is -2.10. The van der Waals surface area contributed by atoms with Gasteiger partial charge in [-0.05, 0) is 45.2 Å². The Labute approximate surface area is 101 Å². The summed E-state index contributed by atoms with van der Waals surface area (Å²) in [6.45, 7) is 3.72. The largest absolute Gasteiger partial charge is 0.350 e. The molecule has 1 rings (SSSR count). The zero-order chi connectivity index (χ0) is 13.1. The predicted octanol–water partition coefficient (Wildman–Crippen LogP) is 0.733. The minimum absolute atomic E-state index is 0.0446. The molecule has 6 heteroatoms. The number of carbonyl (C=O) groups is 1. The number of nitrogens with one attached hydrogen (secondary N) is 2. The minimum Gasteiger partial charge on any atom is -0.350 e. The van der Waals surface area contributed by atoms with Crippen LogP contribution in [0.5, 0.6) is 0 Å². The fourth-order valence-corrected chi connectivity index (χ4v) is 1.98. The van der Waals surface area contributed by atoms with Crippen LogP contribution in [-0.4, -0.2) is 27.4 Å². The van der Waals surface area contributed by atoms with Crippen LogP contribution in [0.4, 0.5) is 0 Å². The molecule has 17 heavy (non-hydrogen) atoms. The normalized spacial score (nSPS) is 11.5. The summed E-state index contributed by atoms with van der Waals surface area (Å²) >= 11 is 0. The Kier molecular flexibility index (Phi) is 4.25. The quantitative estimate of drug-likeness (QED) is 0.834. The van der Waals surface area contributed by atoms with E-state index in [1.54, 1.807) is 0 Å². The molecule has 0 saturated heterocycles. The first kappa shape index (κ1) is 13.7. The number of rotatable bonds is 4. The predicted molar refractivity (Wildman–Crippen MR) is 65.3 cm³/mol. The maximum absolute atomic E-state index is 11.6. The van der Waals surface area contributed by atoms with E-state index in [1.807, 2.05) is 13.8 Å². The van der Waals surface area contributed by atoms with Crippen molar-refractivity contribution in [1.82, 2.24) is 10.0 Å². The molecule has 1 aromatic carbocycles. The molecule has 2 N–H and O–H groups in total. The summed E-state index contributed by atoms with van der Waals surface area (Å²) in [6.07, 6.45) is 0. The molecule has 0 atom stereocenters. The van der Waals surface area contributed by atoms with Gasteiger partial charge in [0.1, 0.15) is 0 Å². The van der Waals surface area contributed by atoms with Crippen LogP contribution >= 0.6 is 0 Å². The average molecular weight is 256 g/mol. The molecule has 0 fully saturated rings. The van der Waals surface area contributed by atoms with Crippen LogP contribution in [0.25, 0.3) is 0 Å². The molecule has 0 aliphatic rings. The van der Waals surface area contributed by atoms with Crippen LogP contribution < -0.4 is 10.0 Å². The fourth-order valence-electron chi connectivity index (χ4n) is 1.25. The Balaban J connectivity index is 2.93. The first-order valence-corrected chi connectivity index (χ1v) is 6.69. The monoisotopic (exact) mass is 256 g/mol. The number of benzene rings is 1. The first-order valence-electron chi connectivity index (χ1n) is 5.21. The zero-order valence-electron chi connectivity index (χ0n) is 10.0. The molecule has 0 aliphatic carbocycles. The molecule has 0 heterocycles. The van der Waals surface area contributed by atoms with E-state index in [9.17, 15) is 13.2 Å². The van der Waals surface area contributed by atoms with Gasteiger partial charge in [-0.1, -0.05) is 0 Å². The number of hydrogen-bond donors (Lipinski definition) is 2. The molecule has 0 saturated carbocycles. The Morgan fingerprint density at radius 2 is 1.71 bits per heavy atom. The fraction of sp³-hybridized carbons (Fsp3) is 0.364. The van der Waals surface area contributed by atoms with Gasteiger partial charge in [0.15, 0.2) is 0 Å². The Bertz CT molecular complexity index is 492. The van der Waals surface area contributed by atoms with Crippen molar-refractivity contribution >= 4 is 15.9 Å². The average Bonchev–Trinajstić information content (AvgIpc) is 2.28. The van der Waals surface area contributed by atoms with Crippen LogP contribution in [0, 0.1) is 0 Å². The van der Waals surface area contributed by atoms with Crippen molar-refractivity contribution in [3.8, 4) is 0 Å². The van der Waals surface area contributed by atoms with Crippen LogP contribution in [-0.2, 0) is 10.0 Å². The summed E-state index contributed by atoms with van der Waals surface area (Å²) < 4.78 is 25.1. The zero-order valence-corrected chi connectivity index (χ0v) is 10.8. The highest BCUT2D eigenvalue weighted by Gasteiger charge is 2.12. The lowest BCUT2D eigenvalue weighted by atomic mass is 10.2. The van der Waals surface area contributed by atoms with E-state index in [1.165, 1.54) is 31.3 Å². The molecule has 1 aromatic rings. The standard InChI is InChI=1S/C11H16N2O3S/c1-8(2)13-11(14)9-4-6-10(7-5-9)17(15,16)12-3/h4-8,12H,1-3H3,(H,13,14). The Morgan fingerprint density at radius 1 is 1.18 bits per heavy atom. The highest BCUT2D eigenvalue weighted by Crippen LogP contribution is 2.10. The lowest BCUT2D eigenvalue weighted by Crippen LogP contribution is -2.30. The molecule has 0 aliphatic heterocycles. The molecule has 5 nitrogen and oxygen atoms in total. The van der Waals surface area contributed by atoms with Gasteiger partial charge in [0.25, 0.3) is 5.91 Å². The van der Waals surface area contributed by atoms with Gasteiger partial charge in [-0.2, -0.15) is 0 Å². The third kappa shape index (κ3) is 3.54. The molecule has 0 radical (unpaired) electrons. The van der Waals surface area contributed by atoms with E-state index in [0.29, 0.717) is 5.56 Å². The van der Waals surface area contributed by atoms with E-state index >= 15 is 0 Å². The molecule has 1 amide bonds. The lowest BCUT2D eigenvalue weighted by Gasteiger charge is -2.08. The SMILES string of the molecule is CNS(=O)(=O)c1ccc(C(=O)NC(C)C)cc1. The van der Waals surface area contributed by atoms with E-state index in [4.69, 9.17) is 0 Å². The van der Waals surface area contributed by atoms with E-state index in [-0.39, 0.29) is 16.8 Å². The highest BCUT2D eigenvalue weighted by molar-refractivity contribution is 7.89. The third-order valence-electron chi connectivity index (χ3n) is 2.12. The summed E-state index contributed by atoms with van der Waals surface area (Å²) in [4.78, 5) is 11.7. The number of sulfonamides is 1. The van der Waals surface area contributed by atoms with Gasteiger partial charge in [0.05, 0.1) is 4.90 Å². The summed E-state index contributed by atoms with van der Waals surface area (Å²) in [6, 6.07) is 5.83. The summed E-state index contributed by atoms with van der Waals surface area (Å²) in [5, 5.41) is 2.73. The van der Waals surface area contributed by atoms with Gasteiger partial charge in [0, 0.05) is 11.6 Å². The van der Waals surface area contributed by atoms with E-state index in [0.717, 1.165) is 0 Å². The van der Waals surface area contributed by atoms with Gasteiger partial charge in [-0.3, -0.25) is 4.79 Å². The number of hydrogen-bond acceptors (Lipinski definition) is 3. The second-order valence-corrected chi connectivity index (χ2v) is 5.75. The Morgan fingerprint density at radius 3 is 2.12 bits per heavy atom. The number of amides is 1. The Hall–Kier alpha value is -1.40. The van der Waals surface area contributed by atoms with Gasteiger partial charge >= 0.3 is 0 Å². The smallest absolute Gasteiger partial charge is 0.251 e. The molecule has 94 valence electrons. The van der Waals surface area contributed by atoms with Crippen molar-refractivity contribution in [2.45, 2.75) is 24.8 Å². The minimum atomic E-state index is -3.45. The van der Waals surface area contributed by atoms with Crippen LogP contribution in [0.15, 0.2) is 29.2 Å². The van der Waals surface area contributed by atoms with Crippen LogP contribution in [0.2, 0.25) is 0 Å². The van der Waals surface area contributed by atoms with Gasteiger partial charge in [-0.25, -0.2) is 13.1 Å². The van der Waals surface area contributed by atoms with Crippen molar-refractivity contribution < 1.29 is 13.2 Å². The summed E-state index contributed by atoms with van der Waals surface area (Å²) in [5.74, 6) is -0.214. The highest BCUT2D eigenvalue weighted by atomic mass is 32.2. The lowest BCUT2D eigenvalue weighted by molar-refractivity contribution is 0.0943. The maximum atomic E-state index is 11.6. The molecule has 0 spiro atoms. The van der Waals surface area contributed by atoms with Crippen molar-refractivity contribution in [3.63, 3.8) is 0 Å². The van der Waals surface area contributed by atoms with Crippen molar-refractivity contribution in [3.05, 3.63) is 29.8 Å². The van der Waals surface area contributed by atoms with Crippen molar-refractivity contribution in [2.75, 3.05) is 7.05 Å². The second-order valence-electron chi connectivity index (χ2n) is 3.86. The number of carbonyl (C=O) groups excluding carboxylic acids is 1. The van der Waals surface area contributed by atoms with Gasteiger partial charge in [0.2, 0.25) is 10.0 Å². The van der Waals surface area contributed by atoms with Gasteiger partial charge in [-0.15, -0.1) is 0 Å². The third-order valence-corrected chi connectivity index (χ3v) is 3.55. The molecule has 0 bridgehead atoms. The van der Waals surface area contributed by atoms with E-state index < -0.39 is 10.0 Å². The maximum Gasteiger partial charge on any atom is 0.251 e. The van der Waals surface area contributed by atoms with Crippen molar-refractivity contribution in [2.24, 2.45) is 0 Å². The topological polar surface area (TPSA) is 75.3 Å². The second kappa shape index (κ2) is 5.29. The molecular weight excluding hydrogens is 240 g/mol. The van der Waals surface area contributed by atoms with Crippen molar-refractivity contribution in [1.29, 1.82) is 0 Å².